The maximum Gasteiger partial charge on any atom is 0.331 e. The van der Waals surface area contributed by atoms with Crippen molar-refractivity contribution >= 4 is 53.3 Å². The highest BCUT2D eigenvalue weighted by Crippen LogP contribution is 2.72. The first-order valence-electron chi connectivity index (χ1n) is 26.7. The number of nitrogens with one attached hydrogen (secondary N) is 5. The summed E-state index contributed by atoms with van der Waals surface area (Å²) in [5.74, 6) is -4.65. The van der Waals surface area contributed by atoms with Gasteiger partial charge in [-0.25, -0.2) is 9.59 Å². The van der Waals surface area contributed by atoms with Crippen molar-refractivity contribution in [1.29, 1.82) is 0 Å². The van der Waals surface area contributed by atoms with Crippen LogP contribution in [-0.2, 0) is 78.0 Å². The molecular formula is C56H74N6O15. The molecule has 5 N–H and O–H groups in total. The molecule has 2 aliphatic carbocycles. The number of hydrogen-bond acceptors (Lipinski definition) is 15. The molecule has 1 aromatic rings. The van der Waals surface area contributed by atoms with E-state index < -0.39 is 89.4 Å². The second-order valence-electron chi connectivity index (χ2n) is 21.2. The van der Waals surface area contributed by atoms with E-state index >= 15 is 0 Å². The SMILES string of the molecule is CC1=CC2OC3CC4OC(=O)/C=C\C=C\C(C(C)OCNC(=O)CNC(=O)C(Cc5ccccc5)NC(=O)CNC(=O)CNC(=O)CCCCCN5C(=O)CC(C)C5=O)OCC/C(C)=C/C(=O)OCC2(CC1)C4(C)C31CO1. The number of nitrogens with zero attached hydrogens (tertiary/aromatic N) is 1. The highest BCUT2D eigenvalue weighted by Gasteiger charge is 2.83. The Morgan fingerprint density at radius 2 is 1.56 bits per heavy atom. The first-order chi connectivity index (χ1) is 36.8. The van der Waals surface area contributed by atoms with E-state index in [1.54, 1.807) is 62.4 Å². The number of carbonyl (C=O) groups is 9. The Morgan fingerprint density at radius 1 is 0.831 bits per heavy atom. The highest BCUT2D eigenvalue weighted by atomic mass is 16.6. The lowest BCUT2D eigenvalue weighted by atomic mass is 9.51. The molecule has 0 aromatic heterocycles. The van der Waals surface area contributed by atoms with Crippen molar-refractivity contribution in [2.75, 3.05) is 52.7 Å². The molecule has 2 spiro atoms. The van der Waals surface area contributed by atoms with E-state index in [1.165, 1.54) is 22.6 Å². The number of amides is 7. The zero-order chi connectivity index (χ0) is 55.3. The van der Waals surface area contributed by atoms with Gasteiger partial charge in [0.2, 0.25) is 41.4 Å². The number of cyclic esters (lactones) is 1. The molecule has 21 nitrogen and oxygen atoms in total. The third kappa shape index (κ3) is 14.3. The molecule has 77 heavy (non-hydrogen) atoms. The van der Waals surface area contributed by atoms with Gasteiger partial charge < -0.3 is 55.0 Å². The maximum absolute atomic E-state index is 13.5. The average molecular weight is 1070 g/mol. The van der Waals surface area contributed by atoms with Gasteiger partial charge in [0, 0.05) is 55.7 Å². The molecule has 21 heteroatoms. The number of likely N-dealkylation sites (tertiary alicyclic amines) is 1. The van der Waals surface area contributed by atoms with Crippen molar-refractivity contribution in [3.63, 3.8) is 0 Å². The van der Waals surface area contributed by atoms with Crippen molar-refractivity contribution in [3.05, 3.63) is 83.5 Å². The molecule has 6 aliphatic rings. The van der Waals surface area contributed by atoms with Crippen LogP contribution in [0.4, 0.5) is 0 Å². The Kier molecular flexibility index (Phi) is 19.8. The van der Waals surface area contributed by atoms with E-state index in [9.17, 15) is 43.2 Å². The number of rotatable bonds is 20. The van der Waals surface area contributed by atoms with Crippen LogP contribution in [0.2, 0.25) is 0 Å². The van der Waals surface area contributed by atoms with E-state index in [2.05, 4.69) is 46.5 Å². The molecule has 4 fully saturated rings. The van der Waals surface area contributed by atoms with Gasteiger partial charge in [0.25, 0.3) is 0 Å². The second kappa shape index (κ2) is 26.2. The van der Waals surface area contributed by atoms with Crippen LogP contribution in [0.5, 0.6) is 0 Å². The highest BCUT2D eigenvalue weighted by molar-refractivity contribution is 6.03. The molecule has 3 saturated heterocycles. The molecule has 4 heterocycles. The summed E-state index contributed by atoms with van der Waals surface area (Å²) in [5, 5.41) is 12.7. The minimum absolute atomic E-state index is 0.0597. The van der Waals surface area contributed by atoms with Crippen molar-refractivity contribution in [1.82, 2.24) is 31.5 Å². The van der Waals surface area contributed by atoms with Gasteiger partial charge in [-0.1, -0.05) is 86.1 Å². The molecular weight excluding hydrogens is 997 g/mol. The van der Waals surface area contributed by atoms with Gasteiger partial charge in [0.1, 0.15) is 37.2 Å². The van der Waals surface area contributed by atoms with Crippen molar-refractivity contribution in [2.45, 2.75) is 141 Å². The monoisotopic (exact) mass is 1070 g/mol. The van der Waals surface area contributed by atoms with Gasteiger partial charge in [-0.3, -0.25) is 38.5 Å². The van der Waals surface area contributed by atoms with Crippen LogP contribution >= 0.6 is 0 Å². The number of epoxide rings is 1. The third-order valence-corrected chi connectivity index (χ3v) is 15.8. The summed E-state index contributed by atoms with van der Waals surface area (Å²) in [5.41, 5.74) is 0.590. The zero-order valence-electron chi connectivity index (χ0n) is 44.7. The minimum Gasteiger partial charge on any atom is -0.462 e. The first kappa shape index (κ1) is 58.1. The number of carbonyl (C=O) groups excluding carboxylic acids is 9. The lowest BCUT2D eigenvalue weighted by molar-refractivity contribution is -0.232. The normalized spacial score (nSPS) is 30.4. The van der Waals surface area contributed by atoms with Crippen LogP contribution < -0.4 is 26.6 Å². The lowest BCUT2D eigenvalue weighted by Crippen LogP contribution is -2.66. The van der Waals surface area contributed by atoms with Crippen LogP contribution in [0.3, 0.4) is 0 Å². The predicted octanol–water partition coefficient (Wildman–Crippen LogP) is 2.47. The molecule has 2 bridgehead atoms. The fourth-order valence-electron chi connectivity index (χ4n) is 11.2. The number of benzene rings is 1. The summed E-state index contributed by atoms with van der Waals surface area (Å²) in [7, 11) is 0. The Hall–Kier alpha value is -6.55. The van der Waals surface area contributed by atoms with Crippen molar-refractivity contribution in [2.24, 2.45) is 16.7 Å². The molecule has 4 aliphatic heterocycles. The fraction of sp³-hybridized carbons (Fsp3) is 0.589. The first-order valence-corrected chi connectivity index (χ1v) is 26.7. The van der Waals surface area contributed by atoms with E-state index in [0.717, 1.165) is 17.6 Å². The summed E-state index contributed by atoms with van der Waals surface area (Å²) in [6, 6.07) is 7.77. The van der Waals surface area contributed by atoms with Gasteiger partial charge in [-0.2, -0.15) is 0 Å². The van der Waals surface area contributed by atoms with E-state index in [4.69, 9.17) is 28.4 Å². The maximum atomic E-state index is 13.5. The Bertz CT molecular complexity index is 2510. The molecule has 7 rings (SSSR count). The minimum atomic E-state index is -1.12. The number of hydrogen-bond donors (Lipinski definition) is 5. The quantitative estimate of drug-likeness (QED) is 0.0313. The summed E-state index contributed by atoms with van der Waals surface area (Å²) >= 11 is 0. The molecule has 10 atom stereocenters. The summed E-state index contributed by atoms with van der Waals surface area (Å²) < 4.78 is 37.3. The summed E-state index contributed by atoms with van der Waals surface area (Å²) in [6.45, 7) is 8.87. The Morgan fingerprint density at radius 3 is 2.30 bits per heavy atom. The van der Waals surface area contributed by atoms with Gasteiger partial charge in [-0.05, 0) is 58.4 Å². The van der Waals surface area contributed by atoms with Gasteiger partial charge in [0.15, 0.2) is 0 Å². The molecule has 0 radical (unpaired) electrons. The van der Waals surface area contributed by atoms with Gasteiger partial charge >= 0.3 is 11.9 Å². The predicted molar refractivity (Wildman–Crippen MR) is 276 cm³/mol. The smallest absolute Gasteiger partial charge is 0.331 e. The average Bonchev–Trinajstić information content (AvgIpc) is 4.24. The second-order valence-corrected chi connectivity index (χ2v) is 21.2. The van der Waals surface area contributed by atoms with Crippen LogP contribution in [0, 0.1) is 16.7 Å². The number of imide groups is 1. The molecule has 1 saturated carbocycles. The van der Waals surface area contributed by atoms with Crippen molar-refractivity contribution in [3.8, 4) is 0 Å². The molecule has 10 unspecified atom stereocenters. The summed E-state index contributed by atoms with van der Waals surface area (Å²) in [4.78, 5) is 116. The van der Waals surface area contributed by atoms with Gasteiger partial charge in [0.05, 0.1) is 56.6 Å². The number of allylic oxidation sites excluding steroid dienone is 3. The van der Waals surface area contributed by atoms with Crippen LogP contribution in [0.1, 0.15) is 98.0 Å². The Labute approximate surface area is 449 Å². The lowest BCUT2D eigenvalue weighted by Gasteiger charge is -2.58. The van der Waals surface area contributed by atoms with Crippen LogP contribution in [0.15, 0.2) is 77.9 Å². The standard InChI is InChI=1S/C56H74N6O15/c1-35-19-21-55-32-73-51(69)25-36(2)20-23-72-41(16-11-12-18-50(68)77-42-28-44(76-43(55)24-35)56(33-75-56)54(42,55)5)38(4)74-34-60-47(65)30-59-52(70)40(27-39-14-8-6-9-15-39)61-48(66)31-58-46(64)29-57-45(63)17-10-7-13-22-62-49(67)26-37(3)53(62)71/h6,8-9,11-12,14-16,18,24-25,37-38,40-44H,7,10,13,17,19-23,26-34H2,1-5H3,(H,57,63)(H,58,64)(H,59,70)(H,60,65)(H,61,66)/b16-11+,18-12-,36-25+. The largest absolute Gasteiger partial charge is 0.462 e. The van der Waals surface area contributed by atoms with E-state index in [0.29, 0.717) is 51.7 Å². The number of unbranched alkanes of at least 4 members (excludes halogenated alkanes) is 2. The van der Waals surface area contributed by atoms with Crippen LogP contribution in [-0.4, -0.2) is 153 Å². The topological polar surface area (TPSA) is 276 Å². The molecule has 7 amide bonds. The van der Waals surface area contributed by atoms with Crippen molar-refractivity contribution < 1.29 is 71.6 Å². The Balaban J connectivity index is 0.857. The number of esters is 2. The summed E-state index contributed by atoms with van der Waals surface area (Å²) in [6.07, 6.45) is 11.7. The fourth-order valence-corrected chi connectivity index (χ4v) is 11.2. The van der Waals surface area contributed by atoms with Crippen LogP contribution in [0.25, 0.3) is 0 Å². The van der Waals surface area contributed by atoms with E-state index in [-0.39, 0.29) is 81.6 Å². The number of ether oxygens (including phenoxy) is 6. The van der Waals surface area contributed by atoms with Gasteiger partial charge in [-0.15, -0.1) is 0 Å². The zero-order valence-corrected chi connectivity index (χ0v) is 44.7. The molecule has 1 aromatic carbocycles. The van der Waals surface area contributed by atoms with E-state index in [1.807, 2.05) is 6.92 Å². The molecule has 418 valence electrons. The third-order valence-electron chi connectivity index (χ3n) is 15.8.